The number of unbranched alkanes of at least 4 members (excludes halogenated alkanes) is 1. The van der Waals surface area contributed by atoms with Crippen LogP contribution in [0.3, 0.4) is 0 Å². The minimum Gasteiger partial charge on any atom is -0.463 e. The maximum absolute atomic E-state index is 13.6. The Kier molecular flexibility index (Phi) is 9.29. The van der Waals surface area contributed by atoms with Crippen LogP contribution in [0.5, 0.6) is 6.01 Å². The minimum atomic E-state index is -1.39. The first kappa shape index (κ1) is 26.6. The number of nitrogens with zero attached hydrogens (tertiary/aromatic N) is 3. The largest absolute Gasteiger partial charge is 0.463 e. The van der Waals surface area contributed by atoms with Gasteiger partial charge in [-0.25, -0.2) is 14.8 Å². The first-order valence-electron chi connectivity index (χ1n) is 11.5. The maximum Gasteiger partial charge on any atom is 0.351 e. The number of carbonyl (C=O) groups excluding carboxylic acids is 1. The molecule has 2 aromatic carbocycles. The van der Waals surface area contributed by atoms with Crippen molar-refractivity contribution in [1.29, 1.82) is 0 Å². The molecule has 0 aliphatic heterocycles. The Morgan fingerprint density at radius 1 is 0.944 bits per heavy atom. The van der Waals surface area contributed by atoms with Crippen LogP contribution in [0.4, 0.5) is 0 Å². The molecule has 3 aromatic rings. The van der Waals surface area contributed by atoms with E-state index in [-0.39, 0.29) is 19.2 Å². The van der Waals surface area contributed by atoms with Crippen molar-refractivity contribution in [1.82, 2.24) is 9.97 Å². The van der Waals surface area contributed by atoms with Crippen LogP contribution in [0.15, 0.2) is 66.7 Å². The summed E-state index contributed by atoms with van der Waals surface area (Å²) in [5, 5.41) is 9.46. The van der Waals surface area contributed by atoms with Gasteiger partial charge in [0.1, 0.15) is 0 Å². The fourth-order valence-electron chi connectivity index (χ4n) is 3.92. The highest BCUT2D eigenvalue weighted by Crippen LogP contribution is 2.39. The third-order valence-corrected chi connectivity index (χ3v) is 5.48. The zero-order chi connectivity index (χ0) is 26.0. The minimum absolute atomic E-state index is 0.0108. The quantitative estimate of drug-likeness (QED) is 0.150. The predicted octanol–water partition coefficient (Wildman–Crippen LogP) is 3.96. The van der Waals surface area contributed by atoms with Crippen LogP contribution in [-0.2, 0) is 24.7 Å². The van der Waals surface area contributed by atoms with Gasteiger partial charge in [0, 0.05) is 18.5 Å². The molecular formula is C26H29N3O7. The van der Waals surface area contributed by atoms with Gasteiger partial charge in [-0.05, 0) is 43.9 Å². The van der Waals surface area contributed by atoms with Gasteiger partial charge in [0.15, 0.2) is 5.60 Å². The molecule has 0 fully saturated rings. The number of methoxy groups -OCH3 is 1. The van der Waals surface area contributed by atoms with Gasteiger partial charge in [0.25, 0.3) is 5.09 Å². The van der Waals surface area contributed by atoms with E-state index in [0.29, 0.717) is 35.4 Å². The summed E-state index contributed by atoms with van der Waals surface area (Å²) in [5.74, 6) is -0.692. The molecule has 1 heterocycles. The first-order chi connectivity index (χ1) is 17.4. The molecule has 1 atom stereocenters. The van der Waals surface area contributed by atoms with Crippen LogP contribution in [0.1, 0.15) is 35.4 Å². The molecule has 36 heavy (non-hydrogen) atoms. The molecule has 0 N–H and O–H groups in total. The Labute approximate surface area is 209 Å². The van der Waals surface area contributed by atoms with Crippen molar-refractivity contribution in [3.8, 4) is 6.01 Å². The molecule has 190 valence electrons. The summed E-state index contributed by atoms with van der Waals surface area (Å²) in [6.07, 6.45) is -0.612. The lowest BCUT2D eigenvalue weighted by Crippen LogP contribution is -2.51. The molecule has 0 aliphatic carbocycles. The van der Waals surface area contributed by atoms with Crippen LogP contribution in [-0.4, -0.2) is 47.5 Å². The fraction of sp³-hybridized carbons (Fsp3) is 0.346. The second kappa shape index (κ2) is 12.6. The van der Waals surface area contributed by atoms with Crippen LogP contribution in [0, 0.1) is 24.0 Å². The van der Waals surface area contributed by atoms with E-state index in [1.165, 1.54) is 7.11 Å². The topological polar surface area (TPSA) is 123 Å². The lowest BCUT2D eigenvalue weighted by molar-refractivity contribution is -0.757. The summed E-state index contributed by atoms with van der Waals surface area (Å²) in [6, 6.07) is 20.3. The number of benzene rings is 2. The Morgan fingerprint density at radius 3 is 1.97 bits per heavy atom. The van der Waals surface area contributed by atoms with E-state index in [1.54, 1.807) is 19.9 Å². The van der Waals surface area contributed by atoms with Crippen LogP contribution >= 0.6 is 0 Å². The van der Waals surface area contributed by atoms with Gasteiger partial charge >= 0.3 is 12.0 Å². The second-order valence-electron chi connectivity index (χ2n) is 8.03. The number of carbonyl (C=O) groups is 1. The molecule has 1 aromatic heterocycles. The van der Waals surface area contributed by atoms with Gasteiger partial charge in [-0.1, -0.05) is 60.7 Å². The van der Waals surface area contributed by atoms with Crippen LogP contribution < -0.4 is 4.74 Å². The summed E-state index contributed by atoms with van der Waals surface area (Å²) >= 11 is 0. The molecule has 0 amide bonds. The Balaban J connectivity index is 2.00. The van der Waals surface area contributed by atoms with E-state index >= 15 is 0 Å². The molecule has 0 radical (unpaired) electrons. The van der Waals surface area contributed by atoms with Gasteiger partial charge in [-0.3, -0.25) is 0 Å². The second-order valence-corrected chi connectivity index (χ2v) is 8.03. The van der Waals surface area contributed by atoms with Gasteiger partial charge in [0.2, 0.25) is 6.10 Å². The lowest BCUT2D eigenvalue weighted by Gasteiger charge is -2.38. The molecule has 1 unspecified atom stereocenters. The van der Waals surface area contributed by atoms with Crippen LogP contribution in [0.25, 0.3) is 0 Å². The van der Waals surface area contributed by atoms with E-state index in [2.05, 4.69) is 14.8 Å². The Morgan fingerprint density at radius 2 is 1.47 bits per heavy atom. The Hall–Kier alpha value is -4.05. The molecule has 0 bridgehead atoms. The predicted molar refractivity (Wildman–Crippen MR) is 130 cm³/mol. The van der Waals surface area contributed by atoms with Gasteiger partial charge in [-0.2, -0.15) is 0 Å². The summed E-state index contributed by atoms with van der Waals surface area (Å²) < 4.78 is 17.9. The monoisotopic (exact) mass is 495 g/mol. The number of aromatic nitrogens is 2. The Bertz CT molecular complexity index is 1080. The fourth-order valence-corrected chi connectivity index (χ4v) is 3.92. The number of rotatable bonds is 13. The number of aryl methyl sites for hydroxylation is 2. The summed E-state index contributed by atoms with van der Waals surface area (Å²) in [6.45, 7) is 3.54. The van der Waals surface area contributed by atoms with E-state index < -0.39 is 22.8 Å². The van der Waals surface area contributed by atoms with Crippen LogP contribution in [0.2, 0.25) is 0 Å². The zero-order valence-corrected chi connectivity index (χ0v) is 20.5. The molecule has 10 nitrogen and oxygen atoms in total. The highest BCUT2D eigenvalue weighted by Gasteiger charge is 2.50. The van der Waals surface area contributed by atoms with Crippen molar-refractivity contribution in [2.75, 3.05) is 20.3 Å². The number of ether oxygens (including phenoxy) is 3. The number of hydrogen-bond donors (Lipinski definition) is 0. The van der Waals surface area contributed by atoms with E-state index in [4.69, 9.17) is 14.2 Å². The number of hydrogen-bond acceptors (Lipinski definition) is 9. The molecule has 3 rings (SSSR count). The lowest BCUT2D eigenvalue weighted by atomic mass is 9.81. The van der Waals surface area contributed by atoms with Crippen molar-refractivity contribution >= 4 is 5.97 Å². The van der Waals surface area contributed by atoms with Crippen molar-refractivity contribution in [2.24, 2.45) is 0 Å². The van der Waals surface area contributed by atoms with E-state index in [9.17, 15) is 14.9 Å². The van der Waals surface area contributed by atoms with Gasteiger partial charge in [0.05, 0.1) is 13.2 Å². The summed E-state index contributed by atoms with van der Waals surface area (Å²) in [7, 11) is 1.50. The maximum atomic E-state index is 13.6. The average molecular weight is 496 g/mol. The molecule has 0 saturated heterocycles. The molecular weight excluding hydrogens is 466 g/mol. The van der Waals surface area contributed by atoms with Crippen molar-refractivity contribution in [3.63, 3.8) is 0 Å². The van der Waals surface area contributed by atoms with Gasteiger partial charge in [-0.15, -0.1) is 10.1 Å². The average Bonchev–Trinajstić information content (AvgIpc) is 2.86. The van der Waals surface area contributed by atoms with E-state index in [1.807, 2.05) is 60.7 Å². The molecule has 10 heteroatoms. The number of esters is 1. The normalized spacial score (nSPS) is 12.0. The van der Waals surface area contributed by atoms with Crippen molar-refractivity contribution in [2.45, 2.75) is 38.4 Å². The SMILES string of the molecule is COC(c1ccccc1)(c1ccccc1)C(Oc1nc(C)cc(C)n1)C(=O)OCCCCO[N+](=O)[O-]. The standard InChI is InChI=1S/C26H29N3O7/c1-19-18-20(2)28-25(27-19)36-23(24(30)34-16-10-11-17-35-29(31)32)26(33-3,21-12-6-4-7-13-21)22-14-8-5-9-15-22/h4-9,12-15,18,23H,10-11,16-17H2,1-3H3. The molecule has 0 aliphatic rings. The smallest absolute Gasteiger partial charge is 0.351 e. The molecule has 0 spiro atoms. The molecule has 0 saturated carbocycles. The highest BCUT2D eigenvalue weighted by molar-refractivity contribution is 5.78. The zero-order valence-electron chi connectivity index (χ0n) is 20.5. The van der Waals surface area contributed by atoms with Crippen molar-refractivity contribution < 1.29 is 28.9 Å². The summed E-state index contributed by atoms with van der Waals surface area (Å²) in [4.78, 5) is 36.9. The van der Waals surface area contributed by atoms with Gasteiger partial charge < -0.3 is 19.0 Å². The van der Waals surface area contributed by atoms with E-state index in [0.717, 1.165) is 0 Å². The summed E-state index contributed by atoms with van der Waals surface area (Å²) in [5.41, 5.74) is 1.31. The highest BCUT2D eigenvalue weighted by atomic mass is 16.9. The third-order valence-electron chi connectivity index (χ3n) is 5.48. The van der Waals surface area contributed by atoms with Crippen molar-refractivity contribution in [3.05, 3.63) is 99.4 Å². The third kappa shape index (κ3) is 6.54. The first-order valence-corrected chi connectivity index (χ1v) is 11.5.